The smallest absolute Gasteiger partial charge is 0.114 e. The lowest BCUT2D eigenvalue weighted by atomic mass is 9.80. The average molecular weight is 222 g/mol. The van der Waals surface area contributed by atoms with Gasteiger partial charge in [0.1, 0.15) is 5.00 Å². The third-order valence-corrected chi connectivity index (χ3v) is 4.77. The van der Waals surface area contributed by atoms with Crippen LogP contribution in [0.3, 0.4) is 0 Å². The van der Waals surface area contributed by atoms with Crippen LogP contribution in [-0.2, 0) is 0 Å². The van der Waals surface area contributed by atoms with Gasteiger partial charge < -0.3 is 10.2 Å². The monoisotopic (exact) mass is 222 g/mol. The van der Waals surface area contributed by atoms with E-state index in [1.54, 1.807) is 0 Å². The van der Waals surface area contributed by atoms with Gasteiger partial charge in [0.15, 0.2) is 0 Å². The molecule has 2 nitrogen and oxygen atoms in total. The van der Waals surface area contributed by atoms with Crippen molar-refractivity contribution in [2.75, 3.05) is 23.8 Å². The quantitative estimate of drug-likeness (QED) is 0.724. The van der Waals surface area contributed by atoms with Crippen molar-refractivity contribution in [3.63, 3.8) is 0 Å². The lowest BCUT2D eigenvalue weighted by molar-refractivity contribution is 0.323. The first-order valence-corrected chi connectivity index (χ1v) is 6.74. The van der Waals surface area contributed by atoms with Crippen LogP contribution in [0.15, 0.2) is 11.4 Å². The first kappa shape index (κ1) is 9.52. The molecule has 1 saturated carbocycles. The highest BCUT2D eigenvalue weighted by Gasteiger charge is 2.37. The van der Waals surface area contributed by atoms with E-state index in [1.165, 1.54) is 49.3 Å². The maximum atomic E-state index is 3.79. The Bertz CT molecular complexity index is 352. The summed E-state index contributed by atoms with van der Waals surface area (Å²) in [5.41, 5.74) is 1.73. The number of hydrogen-bond donors (Lipinski definition) is 1. The number of nitrogens with one attached hydrogen (secondary N) is 1. The molecule has 3 heteroatoms. The number of likely N-dealkylation sites (N-methyl/N-ethyl adjacent to an activating group) is 1. The Hall–Kier alpha value is -0.700. The van der Waals surface area contributed by atoms with E-state index in [0.29, 0.717) is 5.54 Å². The zero-order valence-electron chi connectivity index (χ0n) is 9.25. The van der Waals surface area contributed by atoms with Gasteiger partial charge in [-0.25, -0.2) is 0 Å². The van der Waals surface area contributed by atoms with Gasteiger partial charge in [-0.15, -0.1) is 11.3 Å². The van der Waals surface area contributed by atoms with Gasteiger partial charge in [-0.2, -0.15) is 0 Å². The fourth-order valence-electron chi connectivity index (χ4n) is 3.05. The van der Waals surface area contributed by atoms with Crippen LogP contribution in [-0.4, -0.2) is 19.1 Å². The van der Waals surface area contributed by atoms with Crippen molar-refractivity contribution >= 4 is 22.0 Å². The standard InChI is InChI=1S/C12H18N2S/c1-14-9-12(6-3-2-4-7-12)13-10-5-8-15-11(10)14/h5,8,13H,2-4,6-7,9H2,1H3. The summed E-state index contributed by atoms with van der Waals surface area (Å²) in [4.78, 5) is 2.43. The molecule has 0 saturated heterocycles. The molecular weight excluding hydrogens is 204 g/mol. The molecule has 1 aromatic rings. The molecule has 0 unspecified atom stereocenters. The Morgan fingerprint density at radius 3 is 2.93 bits per heavy atom. The van der Waals surface area contributed by atoms with Crippen LogP contribution < -0.4 is 10.2 Å². The number of nitrogens with zero attached hydrogens (tertiary/aromatic N) is 1. The van der Waals surface area contributed by atoms with E-state index in [-0.39, 0.29) is 0 Å². The van der Waals surface area contributed by atoms with Crippen LogP contribution in [0.1, 0.15) is 32.1 Å². The van der Waals surface area contributed by atoms with E-state index in [0.717, 1.165) is 0 Å². The van der Waals surface area contributed by atoms with Gasteiger partial charge in [-0.1, -0.05) is 19.3 Å². The summed E-state index contributed by atoms with van der Waals surface area (Å²) in [5, 5.41) is 7.39. The number of hydrogen-bond acceptors (Lipinski definition) is 3. The van der Waals surface area contributed by atoms with Crippen LogP contribution in [0, 0.1) is 0 Å². The Kier molecular flexibility index (Phi) is 2.16. The highest BCUT2D eigenvalue weighted by Crippen LogP contribution is 2.43. The van der Waals surface area contributed by atoms with Gasteiger partial charge in [0.05, 0.1) is 11.2 Å². The first-order valence-electron chi connectivity index (χ1n) is 5.86. The van der Waals surface area contributed by atoms with Crippen LogP contribution >= 0.6 is 11.3 Å². The third-order valence-electron chi connectivity index (χ3n) is 3.74. The topological polar surface area (TPSA) is 15.3 Å². The molecule has 1 N–H and O–H groups in total. The molecule has 2 aliphatic rings. The maximum Gasteiger partial charge on any atom is 0.114 e. The van der Waals surface area contributed by atoms with E-state index in [2.05, 4.69) is 28.7 Å². The van der Waals surface area contributed by atoms with Crippen LogP contribution in [0.5, 0.6) is 0 Å². The normalized spacial score (nSPS) is 23.7. The molecule has 0 amide bonds. The van der Waals surface area contributed by atoms with Crippen molar-refractivity contribution in [2.24, 2.45) is 0 Å². The predicted octanol–water partition coefficient (Wildman–Crippen LogP) is 3.31. The van der Waals surface area contributed by atoms with Crippen molar-refractivity contribution in [1.29, 1.82) is 0 Å². The number of fused-ring (bicyclic) bond motifs is 1. The van der Waals surface area contributed by atoms with Gasteiger partial charge in [0.25, 0.3) is 0 Å². The van der Waals surface area contributed by atoms with E-state index in [4.69, 9.17) is 0 Å². The van der Waals surface area contributed by atoms with E-state index in [1.807, 2.05) is 11.3 Å². The molecule has 1 spiro atoms. The molecule has 15 heavy (non-hydrogen) atoms. The van der Waals surface area contributed by atoms with Gasteiger partial charge in [-0.3, -0.25) is 0 Å². The number of rotatable bonds is 0. The first-order chi connectivity index (χ1) is 7.29. The molecule has 0 radical (unpaired) electrons. The molecule has 3 rings (SSSR count). The lowest BCUT2D eigenvalue weighted by Crippen LogP contribution is -2.52. The zero-order valence-corrected chi connectivity index (χ0v) is 10.1. The summed E-state index contributed by atoms with van der Waals surface area (Å²) < 4.78 is 0. The largest absolute Gasteiger partial charge is 0.375 e. The molecule has 1 aliphatic heterocycles. The van der Waals surface area contributed by atoms with Crippen LogP contribution in [0.4, 0.5) is 10.7 Å². The Morgan fingerprint density at radius 1 is 1.33 bits per heavy atom. The van der Waals surface area contributed by atoms with Crippen LogP contribution in [0.2, 0.25) is 0 Å². The van der Waals surface area contributed by atoms with E-state index in [9.17, 15) is 0 Å². The minimum Gasteiger partial charge on any atom is -0.375 e. The highest BCUT2D eigenvalue weighted by molar-refractivity contribution is 7.15. The summed E-state index contributed by atoms with van der Waals surface area (Å²) in [7, 11) is 2.23. The second-order valence-corrected chi connectivity index (χ2v) is 5.86. The summed E-state index contributed by atoms with van der Waals surface area (Å²) in [6, 6.07) is 2.23. The van der Waals surface area contributed by atoms with Crippen molar-refractivity contribution in [3.05, 3.63) is 11.4 Å². The average Bonchev–Trinajstić information content (AvgIpc) is 2.67. The van der Waals surface area contributed by atoms with Crippen molar-refractivity contribution in [3.8, 4) is 0 Å². The molecule has 82 valence electrons. The van der Waals surface area contributed by atoms with Gasteiger partial charge in [0.2, 0.25) is 0 Å². The summed E-state index contributed by atoms with van der Waals surface area (Å²) >= 11 is 1.84. The van der Waals surface area contributed by atoms with Crippen molar-refractivity contribution in [2.45, 2.75) is 37.6 Å². The highest BCUT2D eigenvalue weighted by atomic mass is 32.1. The van der Waals surface area contributed by atoms with Crippen molar-refractivity contribution in [1.82, 2.24) is 0 Å². The van der Waals surface area contributed by atoms with E-state index < -0.39 is 0 Å². The molecule has 0 aromatic carbocycles. The van der Waals surface area contributed by atoms with Gasteiger partial charge in [0, 0.05) is 13.6 Å². The Labute approximate surface area is 95.3 Å². The Balaban J connectivity index is 1.91. The number of anilines is 2. The fourth-order valence-corrected chi connectivity index (χ4v) is 3.88. The van der Waals surface area contributed by atoms with Crippen LogP contribution in [0.25, 0.3) is 0 Å². The predicted molar refractivity (Wildman–Crippen MR) is 67.0 cm³/mol. The molecule has 1 fully saturated rings. The third kappa shape index (κ3) is 1.53. The van der Waals surface area contributed by atoms with Gasteiger partial charge in [-0.05, 0) is 24.3 Å². The molecule has 0 atom stereocenters. The summed E-state index contributed by atoms with van der Waals surface area (Å²) in [6.45, 7) is 1.18. The maximum absolute atomic E-state index is 3.79. The summed E-state index contributed by atoms with van der Waals surface area (Å²) in [5.74, 6) is 0. The minimum atomic E-state index is 0.376. The van der Waals surface area contributed by atoms with Crippen molar-refractivity contribution < 1.29 is 0 Å². The second kappa shape index (κ2) is 3.41. The molecule has 0 bridgehead atoms. The SMILES string of the molecule is CN1CC2(CCCCC2)Nc2ccsc21. The fraction of sp³-hybridized carbons (Fsp3) is 0.667. The Morgan fingerprint density at radius 2 is 2.13 bits per heavy atom. The molecular formula is C12H18N2S. The lowest BCUT2D eigenvalue weighted by Gasteiger charge is -2.45. The summed E-state index contributed by atoms with van der Waals surface area (Å²) in [6.07, 6.45) is 6.88. The molecule has 1 aliphatic carbocycles. The molecule has 1 aromatic heterocycles. The second-order valence-electron chi connectivity index (χ2n) is 4.96. The minimum absolute atomic E-state index is 0.376. The van der Waals surface area contributed by atoms with Gasteiger partial charge >= 0.3 is 0 Å². The molecule has 2 heterocycles. The van der Waals surface area contributed by atoms with E-state index >= 15 is 0 Å². The zero-order chi connectivity index (χ0) is 10.3. The number of thiophene rings is 1.